The fraction of sp³-hybridized carbons (Fsp3) is 0.368. The molecule has 3 aromatic rings. The van der Waals surface area contributed by atoms with Gasteiger partial charge in [-0.15, -0.1) is 11.3 Å². The monoisotopic (exact) mass is 370 g/mol. The van der Waals surface area contributed by atoms with Crippen LogP contribution < -0.4 is 4.74 Å². The predicted octanol–water partition coefficient (Wildman–Crippen LogP) is 3.44. The molecule has 0 spiro atoms. The van der Waals surface area contributed by atoms with Crippen molar-refractivity contribution >= 4 is 11.3 Å². The van der Waals surface area contributed by atoms with Crippen LogP contribution in [0.25, 0.3) is 10.4 Å². The van der Waals surface area contributed by atoms with Gasteiger partial charge >= 0.3 is 0 Å². The lowest BCUT2D eigenvalue weighted by Gasteiger charge is -2.19. The lowest BCUT2D eigenvalue weighted by atomic mass is 10.1. The molecule has 0 amide bonds. The molecule has 0 unspecified atom stereocenters. The SMILES string of the molecule is CCn1ncnc1CN1CCOc2c(O)cc(-c3ccc(C)s3)cc2C1. The number of thiophene rings is 1. The highest BCUT2D eigenvalue weighted by molar-refractivity contribution is 7.15. The van der Waals surface area contributed by atoms with E-state index in [1.54, 1.807) is 23.7 Å². The molecule has 0 aliphatic carbocycles. The molecule has 1 aliphatic heterocycles. The third-order valence-corrected chi connectivity index (χ3v) is 5.63. The van der Waals surface area contributed by atoms with Gasteiger partial charge < -0.3 is 9.84 Å². The summed E-state index contributed by atoms with van der Waals surface area (Å²) in [5, 5.41) is 14.7. The molecule has 6 nitrogen and oxygen atoms in total. The van der Waals surface area contributed by atoms with E-state index >= 15 is 0 Å². The molecule has 0 saturated heterocycles. The second-order valence-electron chi connectivity index (χ2n) is 6.45. The fourth-order valence-corrected chi connectivity index (χ4v) is 4.15. The van der Waals surface area contributed by atoms with Gasteiger partial charge in [0.05, 0.1) is 6.54 Å². The molecule has 0 radical (unpaired) electrons. The number of phenols is 1. The number of fused-ring (bicyclic) bond motifs is 1. The summed E-state index contributed by atoms with van der Waals surface area (Å²) >= 11 is 1.73. The first kappa shape index (κ1) is 17.1. The standard InChI is InChI=1S/C19H22N4O2S/c1-3-23-18(20-12-21-23)11-22-6-7-25-19-15(10-22)8-14(9-16(19)24)17-5-4-13(2)26-17/h4-5,8-9,12,24H,3,6-7,10-11H2,1-2H3. The van der Waals surface area contributed by atoms with Crippen molar-refractivity contribution in [3.8, 4) is 21.9 Å². The highest BCUT2D eigenvalue weighted by atomic mass is 32.1. The maximum atomic E-state index is 10.5. The molecular formula is C19H22N4O2S. The summed E-state index contributed by atoms with van der Waals surface area (Å²) < 4.78 is 7.76. The molecule has 1 aromatic carbocycles. The van der Waals surface area contributed by atoms with Crippen molar-refractivity contribution in [3.63, 3.8) is 0 Å². The lowest BCUT2D eigenvalue weighted by molar-refractivity contribution is 0.210. The predicted molar refractivity (Wildman–Crippen MR) is 101 cm³/mol. The van der Waals surface area contributed by atoms with Crippen molar-refractivity contribution < 1.29 is 9.84 Å². The van der Waals surface area contributed by atoms with Crippen LogP contribution in [0.3, 0.4) is 0 Å². The van der Waals surface area contributed by atoms with Gasteiger partial charge in [-0.25, -0.2) is 9.67 Å². The van der Waals surface area contributed by atoms with E-state index in [0.717, 1.165) is 34.9 Å². The van der Waals surface area contributed by atoms with E-state index in [1.165, 1.54) is 4.88 Å². The van der Waals surface area contributed by atoms with Gasteiger partial charge in [0.1, 0.15) is 18.8 Å². The van der Waals surface area contributed by atoms with Gasteiger partial charge in [-0.05, 0) is 43.7 Å². The van der Waals surface area contributed by atoms with Crippen LogP contribution >= 0.6 is 11.3 Å². The number of ether oxygens (including phenoxy) is 1. The Hall–Kier alpha value is -2.38. The number of rotatable bonds is 4. The number of nitrogens with zero attached hydrogens (tertiary/aromatic N) is 4. The number of benzene rings is 1. The number of hydrogen-bond acceptors (Lipinski definition) is 6. The maximum Gasteiger partial charge on any atom is 0.165 e. The number of aromatic nitrogens is 3. The summed E-state index contributed by atoms with van der Waals surface area (Å²) in [7, 11) is 0. The fourth-order valence-electron chi connectivity index (χ4n) is 3.29. The van der Waals surface area contributed by atoms with Gasteiger partial charge in [0, 0.05) is 35.0 Å². The Morgan fingerprint density at radius 3 is 2.96 bits per heavy atom. The van der Waals surface area contributed by atoms with E-state index in [9.17, 15) is 5.11 Å². The summed E-state index contributed by atoms with van der Waals surface area (Å²) in [6.07, 6.45) is 1.60. The van der Waals surface area contributed by atoms with Gasteiger partial charge in [-0.3, -0.25) is 4.90 Å². The topological polar surface area (TPSA) is 63.4 Å². The van der Waals surface area contributed by atoms with Crippen LogP contribution in [-0.2, 0) is 19.6 Å². The van der Waals surface area contributed by atoms with Crippen LogP contribution in [0, 0.1) is 6.92 Å². The molecule has 0 bridgehead atoms. The molecule has 0 saturated carbocycles. The van der Waals surface area contributed by atoms with Crippen LogP contribution in [0.2, 0.25) is 0 Å². The van der Waals surface area contributed by atoms with Gasteiger partial charge in [-0.2, -0.15) is 5.10 Å². The number of aryl methyl sites for hydroxylation is 2. The minimum atomic E-state index is 0.210. The average molecular weight is 370 g/mol. The van der Waals surface area contributed by atoms with Crippen LogP contribution in [0.1, 0.15) is 23.2 Å². The summed E-state index contributed by atoms with van der Waals surface area (Å²) in [4.78, 5) is 9.07. The number of aromatic hydroxyl groups is 1. The zero-order chi connectivity index (χ0) is 18.1. The van der Waals surface area contributed by atoms with E-state index < -0.39 is 0 Å². The summed E-state index contributed by atoms with van der Waals surface area (Å²) in [5.74, 6) is 1.76. The average Bonchev–Trinajstić information content (AvgIpc) is 3.19. The number of phenolic OH excluding ortho intramolecular Hbond substituents is 1. The van der Waals surface area contributed by atoms with Crippen LogP contribution in [0.4, 0.5) is 0 Å². The van der Waals surface area contributed by atoms with Gasteiger partial charge in [0.15, 0.2) is 11.5 Å². The van der Waals surface area contributed by atoms with E-state index in [4.69, 9.17) is 4.74 Å². The molecule has 26 heavy (non-hydrogen) atoms. The second-order valence-corrected chi connectivity index (χ2v) is 7.73. The Kier molecular flexibility index (Phi) is 4.65. The highest BCUT2D eigenvalue weighted by Crippen LogP contribution is 2.39. The van der Waals surface area contributed by atoms with E-state index in [0.29, 0.717) is 25.4 Å². The van der Waals surface area contributed by atoms with E-state index in [1.807, 2.05) is 4.68 Å². The highest BCUT2D eigenvalue weighted by Gasteiger charge is 2.21. The van der Waals surface area contributed by atoms with Gasteiger partial charge in [0.2, 0.25) is 0 Å². The normalized spacial score (nSPS) is 14.7. The van der Waals surface area contributed by atoms with Crippen molar-refractivity contribution in [1.82, 2.24) is 19.7 Å². The zero-order valence-electron chi connectivity index (χ0n) is 15.0. The third-order valence-electron chi connectivity index (χ3n) is 4.58. The van der Waals surface area contributed by atoms with Crippen LogP contribution in [0.5, 0.6) is 11.5 Å². The first-order chi connectivity index (χ1) is 12.6. The van der Waals surface area contributed by atoms with Gasteiger partial charge in [0.25, 0.3) is 0 Å². The quantitative estimate of drug-likeness (QED) is 0.762. The van der Waals surface area contributed by atoms with Crippen molar-refractivity contribution in [3.05, 3.63) is 46.9 Å². The van der Waals surface area contributed by atoms with Crippen LogP contribution in [0.15, 0.2) is 30.6 Å². The maximum absolute atomic E-state index is 10.5. The molecule has 2 aromatic heterocycles. The summed E-state index contributed by atoms with van der Waals surface area (Å²) in [5.41, 5.74) is 2.03. The Bertz CT molecular complexity index is 918. The van der Waals surface area contributed by atoms with Crippen molar-refractivity contribution in [2.45, 2.75) is 33.5 Å². The summed E-state index contributed by atoms with van der Waals surface area (Å²) in [6, 6.07) is 8.12. The first-order valence-corrected chi connectivity index (χ1v) is 9.60. The molecular weight excluding hydrogens is 348 g/mol. The zero-order valence-corrected chi connectivity index (χ0v) is 15.8. The lowest BCUT2D eigenvalue weighted by Crippen LogP contribution is -2.27. The second kappa shape index (κ2) is 7.09. The first-order valence-electron chi connectivity index (χ1n) is 8.78. The smallest absolute Gasteiger partial charge is 0.165 e. The minimum Gasteiger partial charge on any atom is -0.504 e. The van der Waals surface area contributed by atoms with E-state index in [-0.39, 0.29) is 5.75 Å². The van der Waals surface area contributed by atoms with Gasteiger partial charge in [-0.1, -0.05) is 0 Å². The number of hydrogen-bond donors (Lipinski definition) is 1. The Morgan fingerprint density at radius 1 is 1.31 bits per heavy atom. The molecule has 136 valence electrons. The summed E-state index contributed by atoms with van der Waals surface area (Å²) in [6.45, 7) is 7.69. The molecule has 4 rings (SSSR count). The molecule has 0 atom stereocenters. The van der Waals surface area contributed by atoms with Crippen molar-refractivity contribution in [1.29, 1.82) is 0 Å². The molecule has 1 N–H and O–H groups in total. The third kappa shape index (κ3) is 3.32. The largest absolute Gasteiger partial charge is 0.504 e. The minimum absolute atomic E-state index is 0.210. The van der Waals surface area contributed by atoms with Crippen LogP contribution in [-0.4, -0.2) is 37.9 Å². The molecule has 7 heteroatoms. The molecule has 1 aliphatic rings. The Morgan fingerprint density at radius 2 is 2.19 bits per heavy atom. The molecule has 3 heterocycles. The Balaban J connectivity index is 1.63. The van der Waals surface area contributed by atoms with Crippen molar-refractivity contribution in [2.24, 2.45) is 0 Å². The molecule has 0 fully saturated rings. The van der Waals surface area contributed by atoms with E-state index in [2.05, 4.69) is 47.0 Å². The Labute approximate surface area is 156 Å². The van der Waals surface area contributed by atoms with Crippen molar-refractivity contribution in [2.75, 3.05) is 13.2 Å².